The van der Waals surface area contributed by atoms with Gasteiger partial charge in [0.25, 0.3) is 5.91 Å². The van der Waals surface area contributed by atoms with Crippen LogP contribution in [-0.2, 0) is 9.59 Å². The zero-order valence-corrected chi connectivity index (χ0v) is 15.1. The standard InChI is InChI=1S/C20H28N2O3/c1-3-4-5-14-6-8-15(9-7-14)20(24)21-16-10-11-18-17(12-16)22-19(23)13(2)25-18/h10-15H,3-9H2,1-2H3,(H,21,24)(H,22,23)/t13-,14?,15?/m0/s1. The number of benzene rings is 1. The van der Waals surface area contributed by atoms with E-state index in [0.717, 1.165) is 31.6 Å². The highest BCUT2D eigenvalue weighted by atomic mass is 16.5. The van der Waals surface area contributed by atoms with Crippen LogP contribution in [0.25, 0.3) is 0 Å². The predicted molar refractivity (Wildman–Crippen MR) is 98.8 cm³/mol. The number of anilines is 2. The quantitative estimate of drug-likeness (QED) is 0.835. The van der Waals surface area contributed by atoms with Gasteiger partial charge in [0.05, 0.1) is 5.69 Å². The summed E-state index contributed by atoms with van der Waals surface area (Å²) in [5.41, 5.74) is 1.32. The Morgan fingerprint density at radius 3 is 2.76 bits per heavy atom. The smallest absolute Gasteiger partial charge is 0.265 e. The van der Waals surface area contributed by atoms with E-state index in [1.54, 1.807) is 19.1 Å². The second kappa shape index (κ2) is 7.89. The lowest BCUT2D eigenvalue weighted by Crippen LogP contribution is -2.34. The van der Waals surface area contributed by atoms with Crippen LogP contribution in [0, 0.1) is 11.8 Å². The molecule has 1 aromatic rings. The number of carbonyl (C=O) groups excluding carboxylic acids is 2. The highest BCUT2D eigenvalue weighted by Crippen LogP contribution is 2.34. The number of rotatable bonds is 5. The van der Waals surface area contributed by atoms with Gasteiger partial charge in [-0.3, -0.25) is 9.59 Å². The highest BCUT2D eigenvalue weighted by molar-refractivity contribution is 5.99. The van der Waals surface area contributed by atoms with Gasteiger partial charge in [0.1, 0.15) is 5.75 Å². The molecule has 1 aromatic carbocycles. The first-order valence-electron chi connectivity index (χ1n) is 9.49. The van der Waals surface area contributed by atoms with Gasteiger partial charge in [-0.2, -0.15) is 0 Å². The summed E-state index contributed by atoms with van der Waals surface area (Å²) in [5.74, 6) is 1.45. The number of ether oxygens (including phenoxy) is 1. The van der Waals surface area contributed by atoms with Crippen LogP contribution >= 0.6 is 0 Å². The van der Waals surface area contributed by atoms with Crippen LogP contribution in [-0.4, -0.2) is 17.9 Å². The van der Waals surface area contributed by atoms with E-state index in [0.29, 0.717) is 17.1 Å². The summed E-state index contributed by atoms with van der Waals surface area (Å²) in [7, 11) is 0. The zero-order valence-electron chi connectivity index (χ0n) is 15.1. The fourth-order valence-electron chi connectivity index (χ4n) is 3.74. The van der Waals surface area contributed by atoms with Crippen molar-refractivity contribution in [1.82, 2.24) is 0 Å². The van der Waals surface area contributed by atoms with Crippen molar-refractivity contribution in [2.75, 3.05) is 10.6 Å². The minimum absolute atomic E-state index is 0.0883. The Morgan fingerprint density at radius 1 is 1.28 bits per heavy atom. The first-order valence-corrected chi connectivity index (χ1v) is 9.49. The fraction of sp³-hybridized carbons (Fsp3) is 0.600. The number of hydrogen-bond acceptors (Lipinski definition) is 3. The van der Waals surface area contributed by atoms with E-state index in [4.69, 9.17) is 4.74 Å². The summed E-state index contributed by atoms with van der Waals surface area (Å²) >= 11 is 0. The molecule has 0 saturated heterocycles. The van der Waals surface area contributed by atoms with E-state index in [2.05, 4.69) is 17.6 Å². The number of nitrogens with one attached hydrogen (secondary N) is 2. The third-order valence-electron chi connectivity index (χ3n) is 5.36. The monoisotopic (exact) mass is 344 g/mol. The second-order valence-corrected chi connectivity index (χ2v) is 7.31. The van der Waals surface area contributed by atoms with Crippen molar-refractivity contribution in [2.24, 2.45) is 11.8 Å². The minimum Gasteiger partial charge on any atom is -0.479 e. The van der Waals surface area contributed by atoms with Crippen molar-refractivity contribution < 1.29 is 14.3 Å². The molecule has 5 heteroatoms. The predicted octanol–water partition coefficient (Wildman–Crippen LogP) is 4.34. The molecule has 0 bridgehead atoms. The van der Waals surface area contributed by atoms with E-state index < -0.39 is 6.10 Å². The Kier molecular flexibility index (Phi) is 5.61. The van der Waals surface area contributed by atoms with E-state index in [9.17, 15) is 9.59 Å². The number of fused-ring (bicyclic) bond motifs is 1. The van der Waals surface area contributed by atoms with Crippen LogP contribution < -0.4 is 15.4 Å². The molecule has 0 unspecified atom stereocenters. The van der Waals surface area contributed by atoms with Crippen molar-refractivity contribution in [2.45, 2.75) is 64.9 Å². The molecule has 0 aromatic heterocycles. The van der Waals surface area contributed by atoms with Crippen molar-refractivity contribution in [3.05, 3.63) is 18.2 Å². The molecule has 2 amide bonds. The molecule has 1 aliphatic carbocycles. The number of unbranched alkanes of at least 4 members (excludes halogenated alkanes) is 1. The van der Waals surface area contributed by atoms with Gasteiger partial charge >= 0.3 is 0 Å². The normalized spacial score (nSPS) is 25.5. The molecule has 1 atom stereocenters. The van der Waals surface area contributed by atoms with Crippen molar-refractivity contribution >= 4 is 23.2 Å². The highest BCUT2D eigenvalue weighted by Gasteiger charge is 2.27. The number of carbonyl (C=O) groups is 2. The number of amides is 2. The lowest BCUT2D eigenvalue weighted by Gasteiger charge is -2.28. The van der Waals surface area contributed by atoms with Gasteiger partial charge in [-0.05, 0) is 56.7 Å². The van der Waals surface area contributed by atoms with Crippen LogP contribution in [0.3, 0.4) is 0 Å². The lowest BCUT2D eigenvalue weighted by molar-refractivity contribution is -0.122. The molecule has 25 heavy (non-hydrogen) atoms. The van der Waals surface area contributed by atoms with Crippen LogP contribution in [0.5, 0.6) is 5.75 Å². The first-order chi connectivity index (χ1) is 12.1. The molecular weight excluding hydrogens is 316 g/mol. The Bertz CT molecular complexity index is 636. The van der Waals surface area contributed by atoms with Gasteiger partial charge in [-0.15, -0.1) is 0 Å². The first kappa shape index (κ1) is 17.8. The van der Waals surface area contributed by atoms with Crippen molar-refractivity contribution in [1.29, 1.82) is 0 Å². The SMILES string of the molecule is CCCCC1CCC(C(=O)Nc2ccc3c(c2)NC(=O)[C@H](C)O3)CC1. The minimum atomic E-state index is -0.490. The lowest BCUT2D eigenvalue weighted by atomic mass is 9.79. The summed E-state index contributed by atoms with van der Waals surface area (Å²) in [6.07, 6.45) is 7.61. The average Bonchev–Trinajstić information content (AvgIpc) is 2.61. The van der Waals surface area contributed by atoms with Crippen molar-refractivity contribution in [3.8, 4) is 5.75 Å². The topological polar surface area (TPSA) is 67.4 Å². The Hall–Kier alpha value is -2.04. The molecule has 1 heterocycles. The largest absolute Gasteiger partial charge is 0.479 e. The van der Waals surface area contributed by atoms with Gasteiger partial charge < -0.3 is 15.4 Å². The van der Waals surface area contributed by atoms with Crippen LogP contribution in [0.4, 0.5) is 11.4 Å². The summed E-state index contributed by atoms with van der Waals surface area (Å²) in [6.45, 7) is 3.94. The molecule has 3 rings (SSSR count). The van der Waals surface area contributed by atoms with E-state index in [1.165, 1.54) is 19.3 Å². The second-order valence-electron chi connectivity index (χ2n) is 7.31. The molecule has 5 nitrogen and oxygen atoms in total. The van der Waals surface area contributed by atoms with Crippen LogP contribution in [0.2, 0.25) is 0 Å². The molecule has 0 spiro atoms. The molecular formula is C20H28N2O3. The average molecular weight is 344 g/mol. The molecule has 2 aliphatic rings. The van der Waals surface area contributed by atoms with Crippen LogP contribution in [0.1, 0.15) is 58.8 Å². The third kappa shape index (κ3) is 4.33. The molecule has 0 radical (unpaired) electrons. The van der Waals surface area contributed by atoms with Crippen LogP contribution in [0.15, 0.2) is 18.2 Å². The van der Waals surface area contributed by atoms with Gasteiger partial charge in [0, 0.05) is 11.6 Å². The summed E-state index contributed by atoms with van der Waals surface area (Å²) < 4.78 is 5.54. The van der Waals surface area contributed by atoms with E-state index in [1.807, 2.05) is 6.07 Å². The summed E-state index contributed by atoms with van der Waals surface area (Å²) in [6, 6.07) is 5.39. The van der Waals surface area contributed by atoms with Gasteiger partial charge in [0.2, 0.25) is 5.91 Å². The molecule has 2 N–H and O–H groups in total. The molecule has 1 fully saturated rings. The number of hydrogen-bond donors (Lipinski definition) is 2. The Labute approximate surface area is 149 Å². The maximum atomic E-state index is 12.5. The van der Waals surface area contributed by atoms with Gasteiger partial charge in [0.15, 0.2) is 6.10 Å². The maximum absolute atomic E-state index is 12.5. The van der Waals surface area contributed by atoms with Gasteiger partial charge in [-0.25, -0.2) is 0 Å². The summed E-state index contributed by atoms with van der Waals surface area (Å²) in [5, 5.41) is 5.81. The Morgan fingerprint density at radius 2 is 2.04 bits per heavy atom. The maximum Gasteiger partial charge on any atom is 0.265 e. The Balaban J connectivity index is 1.55. The third-order valence-corrected chi connectivity index (χ3v) is 5.36. The zero-order chi connectivity index (χ0) is 17.8. The fourth-order valence-corrected chi connectivity index (χ4v) is 3.74. The van der Waals surface area contributed by atoms with E-state index >= 15 is 0 Å². The molecule has 136 valence electrons. The van der Waals surface area contributed by atoms with Gasteiger partial charge in [-0.1, -0.05) is 26.2 Å². The molecule has 1 aliphatic heterocycles. The van der Waals surface area contributed by atoms with Crippen molar-refractivity contribution in [3.63, 3.8) is 0 Å². The van der Waals surface area contributed by atoms with E-state index in [-0.39, 0.29) is 17.7 Å². The molecule has 1 saturated carbocycles. The summed E-state index contributed by atoms with van der Waals surface area (Å²) in [4.78, 5) is 24.3.